The summed E-state index contributed by atoms with van der Waals surface area (Å²) in [6.07, 6.45) is 3.64. The standard InChI is InChI=1S/C16H25N3O3S2/c1-3-7-17-11(4-2)13-5-6-14(20)19(13)8-9-23-16-18-12(10-24-16)15(21)22/h10-11,13,17H,3-9H2,1-2H3,(H,21,22). The van der Waals surface area contributed by atoms with Gasteiger partial charge in [-0.2, -0.15) is 0 Å². The molecule has 1 amide bonds. The van der Waals surface area contributed by atoms with Gasteiger partial charge in [0.25, 0.3) is 0 Å². The van der Waals surface area contributed by atoms with Gasteiger partial charge in [-0.3, -0.25) is 4.79 Å². The number of thioether (sulfide) groups is 1. The molecule has 2 N–H and O–H groups in total. The molecule has 0 radical (unpaired) electrons. The monoisotopic (exact) mass is 371 g/mol. The zero-order valence-electron chi connectivity index (χ0n) is 14.2. The molecular weight excluding hydrogens is 346 g/mol. The Balaban J connectivity index is 1.88. The van der Waals surface area contributed by atoms with Crippen LogP contribution in [0, 0.1) is 0 Å². The highest BCUT2D eigenvalue weighted by Gasteiger charge is 2.35. The number of hydrogen-bond donors (Lipinski definition) is 2. The molecule has 0 spiro atoms. The van der Waals surface area contributed by atoms with Gasteiger partial charge in [0.1, 0.15) is 0 Å². The van der Waals surface area contributed by atoms with Crippen LogP contribution in [0.1, 0.15) is 50.0 Å². The van der Waals surface area contributed by atoms with Crippen molar-refractivity contribution < 1.29 is 14.7 Å². The summed E-state index contributed by atoms with van der Waals surface area (Å²) >= 11 is 2.86. The van der Waals surface area contributed by atoms with E-state index < -0.39 is 5.97 Å². The topological polar surface area (TPSA) is 82.5 Å². The van der Waals surface area contributed by atoms with E-state index in [-0.39, 0.29) is 17.6 Å². The second kappa shape index (κ2) is 9.39. The van der Waals surface area contributed by atoms with Gasteiger partial charge < -0.3 is 15.3 Å². The molecule has 1 aliphatic heterocycles. The Bertz CT molecular complexity index is 565. The van der Waals surface area contributed by atoms with Gasteiger partial charge in [-0.25, -0.2) is 9.78 Å². The fourth-order valence-corrected chi connectivity index (χ4v) is 4.81. The van der Waals surface area contributed by atoms with Crippen molar-refractivity contribution in [3.63, 3.8) is 0 Å². The summed E-state index contributed by atoms with van der Waals surface area (Å²) in [6.45, 7) is 5.96. The smallest absolute Gasteiger partial charge is 0.355 e. The molecule has 2 rings (SSSR count). The Morgan fingerprint density at radius 1 is 1.58 bits per heavy atom. The van der Waals surface area contributed by atoms with Crippen LogP contribution in [0.25, 0.3) is 0 Å². The van der Waals surface area contributed by atoms with E-state index >= 15 is 0 Å². The van der Waals surface area contributed by atoms with E-state index in [0.29, 0.717) is 19.0 Å². The first-order chi connectivity index (χ1) is 11.6. The summed E-state index contributed by atoms with van der Waals surface area (Å²) in [4.78, 5) is 29.1. The summed E-state index contributed by atoms with van der Waals surface area (Å²) < 4.78 is 0.742. The average Bonchev–Trinajstić information content (AvgIpc) is 3.17. The highest BCUT2D eigenvalue weighted by Crippen LogP contribution is 2.26. The Hall–Kier alpha value is -1.12. The lowest BCUT2D eigenvalue weighted by molar-refractivity contribution is -0.129. The fourth-order valence-electron chi connectivity index (χ4n) is 3.00. The van der Waals surface area contributed by atoms with E-state index in [4.69, 9.17) is 5.11 Å². The number of carboxylic acids is 1. The van der Waals surface area contributed by atoms with Crippen LogP contribution in [0.2, 0.25) is 0 Å². The van der Waals surface area contributed by atoms with Crippen molar-refractivity contribution in [1.29, 1.82) is 0 Å². The van der Waals surface area contributed by atoms with Crippen molar-refractivity contribution in [2.45, 2.75) is 56.0 Å². The summed E-state index contributed by atoms with van der Waals surface area (Å²) in [5.74, 6) is -0.0395. The average molecular weight is 372 g/mol. The lowest BCUT2D eigenvalue weighted by Gasteiger charge is -2.32. The summed E-state index contributed by atoms with van der Waals surface area (Å²) in [5, 5.41) is 14.0. The van der Waals surface area contributed by atoms with Crippen LogP contribution in [0.4, 0.5) is 0 Å². The van der Waals surface area contributed by atoms with Crippen molar-refractivity contribution in [3.8, 4) is 0 Å². The number of aromatic carboxylic acids is 1. The lowest BCUT2D eigenvalue weighted by atomic mass is 10.0. The minimum atomic E-state index is -0.999. The number of aromatic nitrogens is 1. The van der Waals surface area contributed by atoms with Crippen molar-refractivity contribution in [3.05, 3.63) is 11.1 Å². The Morgan fingerprint density at radius 3 is 3.00 bits per heavy atom. The second-order valence-corrected chi connectivity index (χ2v) is 8.01. The summed E-state index contributed by atoms with van der Waals surface area (Å²) in [6, 6.07) is 0.611. The van der Waals surface area contributed by atoms with Gasteiger partial charge in [0, 0.05) is 36.2 Å². The number of likely N-dealkylation sites (tertiary alicyclic amines) is 1. The lowest BCUT2D eigenvalue weighted by Crippen LogP contribution is -2.48. The predicted octanol–water partition coefficient (Wildman–Crippen LogP) is 2.70. The van der Waals surface area contributed by atoms with Crippen molar-refractivity contribution in [1.82, 2.24) is 15.2 Å². The molecule has 134 valence electrons. The number of carboxylic acid groups (broad SMARTS) is 1. The quantitative estimate of drug-likeness (QED) is 0.616. The largest absolute Gasteiger partial charge is 0.476 e. The second-order valence-electron chi connectivity index (χ2n) is 5.81. The van der Waals surface area contributed by atoms with Gasteiger partial charge in [-0.15, -0.1) is 11.3 Å². The number of carbonyl (C=O) groups is 2. The fraction of sp³-hybridized carbons (Fsp3) is 0.688. The molecule has 6 nitrogen and oxygen atoms in total. The number of nitrogens with one attached hydrogen (secondary N) is 1. The molecule has 0 bridgehead atoms. The molecule has 0 aliphatic carbocycles. The molecule has 24 heavy (non-hydrogen) atoms. The molecule has 1 aromatic rings. The van der Waals surface area contributed by atoms with Gasteiger partial charge in [-0.05, 0) is 25.8 Å². The van der Waals surface area contributed by atoms with Crippen LogP contribution in [0.3, 0.4) is 0 Å². The first-order valence-corrected chi connectivity index (χ1v) is 10.3. The van der Waals surface area contributed by atoms with Crippen LogP contribution in [-0.2, 0) is 4.79 Å². The van der Waals surface area contributed by atoms with Crippen LogP contribution in [-0.4, -0.2) is 57.8 Å². The molecule has 8 heteroatoms. The number of carbonyl (C=O) groups excluding carboxylic acids is 1. The van der Waals surface area contributed by atoms with Gasteiger partial charge in [0.05, 0.1) is 0 Å². The molecule has 2 unspecified atom stereocenters. The third-order valence-electron chi connectivity index (χ3n) is 4.20. The summed E-state index contributed by atoms with van der Waals surface area (Å²) in [7, 11) is 0. The number of nitrogens with zero attached hydrogens (tertiary/aromatic N) is 2. The third kappa shape index (κ3) is 4.94. The Morgan fingerprint density at radius 2 is 2.38 bits per heavy atom. The highest BCUT2D eigenvalue weighted by atomic mass is 32.2. The first kappa shape index (κ1) is 19.2. The maximum Gasteiger partial charge on any atom is 0.355 e. The van der Waals surface area contributed by atoms with E-state index in [1.807, 2.05) is 4.90 Å². The number of hydrogen-bond acceptors (Lipinski definition) is 6. The number of thiazole rings is 1. The van der Waals surface area contributed by atoms with Crippen LogP contribution >= 0.6 is 23.1 Å². The number of rotatable bonds is 10. The van der Waals surface area contributed by atoms with Crippen LogP contribution in [0.15, 0.2) is 9.72 Å². The van der Waals surface area contributed by atoms with Crippen molar-refractivity contribution in [2.75, 3.05) is 18.8 Å². The normalized spacial score (nSPS) is 19.0. The molecular formula is C16H25N3O3S2. The first-order valence-electron chi connectivity index (χ1n) is 8.41. The van der Waals surface area contributed by atoms with E-state index in [2.05, 4.69) is 24.1 Å². The van der Waals surface area contributed by atoms with E-state index in [1.54, 1.807) is 5.38 Å². The minimum absolute atomic E-state index is 0.0902. The maximum absolute atomic E-state index is 12.2. The third-order valence-corrected chi connectivity index (χ3v) is 6.20. The van der Waals surface area contributed by atoms with E-state index in [0.717, 1.165) is 35.9 Å². The molecule has 0 aromatic carbocycles. The van der Waals surface area contributed by atoms with Crippen molar-refractivity contribution in [2.24, 2.45) is 0 Å². The zero-order chi connectivity index (χ0) is 17.5. The van der Waals surface area contributed by atoms with Crippen LogP contribution < -0.4 is 5.32 Å². The molecule has 1 aromatic heterocycles. The maximum atomic E-state index is 12.2. The van der Waals surface area contributed by atoms with Gasteiger partial charge in [0.15, 0.2) is 10.0 Å². The Kier molecular flexibility index (Phi) is 7.51. The molecule has 2 atom stereocenters. The summed E-state index contributed by atoms with van der Waals surface area (Å²) in [5.41, 5.74) is 0.0902. The predicted molar refractivity (Wildman–Crippen MR) is 96.9 cm³/mol. The number of amides is 1. The molecule has 1 aliphatic rings. The van der Waals surface area contributed by atoms with E-state index in [1.165, 1.54) is 23.1 Å². The van der Waals surface area contributed by atoms with Crippen molar-refractivity contribution >= 4 is 35.0 Å². The highest BCUT2D eigenvalue weighted by molar-refractivity contribution is 8.01. The van der Waals surface area contributed by atoms with Gasteiger partial charge in [0.2, 0.25) is 5.91 Å². The van der Waals surface area contributed by atoms with Crippen LogP contribution in [0.5, 0.6) is 0 Å². The SMILES string of the molecule is CCCNC(CC)C1CCC(=O)N1CCSc1nc(C(=O)O)cs1. The van der Waals surface area contributed by atoms with Gasteiger partial charge in [-0.1, -0.05) is 25.6 Å². The zero-order valence-corrected chi connectivity index (χ0v) is 15.8. The molecule has 1 fully saturated rings. The molecule has 0 saturated carbocycles. The molecule has 1 saturated heterocycles. The van der Waals surface area contributed by atoms with E-state index in [9.17, 15) is 9.59 Å². The van der Waals surface area contributed by atoms with Gasteiger partial charge >= 0.3 is 5.97 Å². The minimum Gasteiger partial charge on any atom is -0.476 e. The Labute approximate surface area is 151 Å². The molecule has 2 heterocycles.